The molecule has 1 amide bonds. The average Bonchev–Trinajstić information content (AvgIpc) is 2.27. The molecule has 0 aliphatic heterocycles. The predicted molar refractivity (Wildman–Crippen MR) is 64.6 cm³/mol. The maximum atomic E-state index is 11.1. The number of hydrogen-bond acceptors (Lipinski definition) is 2. The summed E-state index contributed by atoms with van der Waals surface area (Å²) < 4.78 is 5.47. The molecule has 1 N–H and O–H groups in total. The Morgan fingerprint density at radius 2 is 2.00 bits per heavy atom. The van der Waals surface area contributed by atoms with Gasteiger partial charge >= 0.3 is 0 Å². The molecule has 0 unspecified atom stereocenters. The zero-order valence-corrected chi connectivity index (χ0v) is 9.95. The minimum absolute atomic E-state index is 0.0926. The van der Waals surface area contributed by atoms with E-state index in [1.165, 1.54) is 5.56 Å². The van der Waals surface area contributed by atoms with Gasteiger partial charge in [-0.25, -0.2) is 0 Å². The topological polar surface area (TPSA) is 38.3 Å². The molecule has 0 saturated heterocycles. The van der Waals surface area contributed by atoms with Crippen LogP contribution >= 0.6 is 0 Å². The van der Waals surface area contributed by atoms with Crippen LogP contribution in [0, 0.1) is 6.92 Å². The minimum atomic E-state index is 0.0926. The van der Waals surface area contributed by atoms with Gasteiger partial charge in [-0.3, -0.25) is 4.79 Å². The van der Waals surface area contributed by atoms with Gasteiger partial charge in [0.05, 0.1) is 6.54 Å². The largest absolute Gasteiger partial charge is 0.492 e. The maximum Gasteiger partial charge on any atom is 0.220 e. The first-order valence-corrected chi connectivity index (χ1v) is 5.68. The SMILES string of the molecule is CCCC(=O)NCCOc1ccc(C)cc1. The Bertz CT molecular complexity index is 319. The van der Waals surface area contributed by atoms with Gasteiger partial charge < -0.3 is 10.1 Å². The number of amides is 1. The summed E-state index contributed by atoms with van der Waals surface area (Å²) >= 11 is 0. The number of ether oxygens (including phenoxy) is 1. The van der Waals surface area contributed by atoms with Gasteiger partial charge in [0.1, 0.15) is 12.4 Å². The molecule has 0 fully saturated rings. The molecule has 0 heterocycles. The van der Waals surface area contributed by atoms with Crippen molar-refractivity contribution in [3.05, 3.63) is 29.8 Å². The molecule has 1 rings (SSSR count). The van der Waals surface area contributed by atoms with Crippen molar-refractivity contribution in [2.24, 2.45) is 0 Å². The first-order chi connectivity index (χ1) is 7.72. The van der Waals surface area contributed by atoms with Gasteiger partial charge in [-0.15, -0.1) is 0 Å². The standard InChI is InChI=1S/C13H19NO2/c1-3-4-13(15)14-9-10-16-12-7-5-11(2)6-8-12/h5-8H,3-4,9-10H2,1-2H3,(H,14,15). The molecule has 0 saturated carbocycles. The summed E-state index contributed by atoms with van der Waals surface area (Å²) in [6.07, 6.45) is 1.47. The molecule has 16 heavy (non-hydrogen) atoms. The van der Waals surface area contributed by atoms with Gasteiger partial charge in [-0.1, -0.05) is 24.6 Å². The third-order valence-corrected chi connectivity index (χ3v) is 2.19. The second kappa shape index (κ2) is 6.88. The van der Waals surface area contributed by atoms with Gasteiger partial charge in [-0.05, 0) is 25.5 Å². The Morgan fingerprint density at radius 3 is 2.62 bits per heavy atom. The number of carbonyl (C=O) groups excluding carboxylic acids is 1. The number of carbonyl (C=O) groups is 1. The predicted octanol–water partition coefficient (Wildman–Crippen LogP) is 2.29. The Hall–Kier alpha value is -1.51. The third-order valence-electron chi connectivity index (χ3n) is 2.19. The summed E-state index contributed by atoms with van der Waals surface area (Å²) in [5.41, 5.74) is 1.21. The van der Waals surface area contributed by atoms with Gasteiger partial charge in [0.15, 0.2) is 0 Å². The van der Waals surface area contributed by atoms with Crippen molar-refractivity contribution in [1.29, 1.82) is 0 Å². The van der Waals surface area contributed by atoms with Crippen LogP contribution in [0.4, 0.5) is 0 Å². The minimum Gasteiger partial charge on any atom is -0.492 e. The highest BCUT2D eigenvalue weighted by Gasteiger charge is 1.98. The molecular formula is C13H19NO2. The Kier molecular flexibility index (Phi) is 5.40. The van der Waals surface area contributed by atoms with E-state index in [1.807, 2.05) is 38.1 Å². The van der Waals surface area contributed by atoms with Crippen molar-refractivity contribution in [1.82, 2.24) is 5.32 Å². The molecule has 0 spiro atoms. The molecule has 3 heteroatoms. The zero-order valence-electron chi connectivity index (χ0n) is 9.95. The van der Waals surface area contributed by atoms with Crippen LogP contribution in [0.2, 0.25) is 0 Å². The van der Waals surface area contributed by atoms with E-state index in [4.69, 9.17) is 4.74 Å². The highest BCUT2D eigenvalue weighted by atomic mass is 16.5. The van der Waals surface area contributed by atoms with E-state index in [2.05, 4.69) is 5.32 Å². The highest BCUT2D eigenvalue weighted by molar-refractivity contribution is 5.75. The van der Waals surface area contributed by atoms with E-state index in [-0.39, 0.29) is 5.91 Å². The van der Waals surface area contributed by atoms with E-state index < -0.39 is 0 Å². The van der Waals surface area contributed by atoms with Crippen molar-refractivity contribution >= 4 is 5.91 Å². The van der Waals surface area contributed by atoms with Crippen LogP contribution in [0.15, 0.2) is 24.3 Å². The van der Waals surface area contributed by atoms with E-state index in [0.717, 1.165) is 12.2 Å². The van der Waals surface area contributed by atoms with Gasteiger partial charge in [0.25, 0.3) is 0 Å². The first kappa shape index (κ1) is 12.6. The molecule has 3 nitrogen and oxygen atoms in total. The van der Waals surface area contributed by atoms with Crippen LogP contribution in [0.5, 0.6) is 5.75 Å². The number of benzene rings is 1. The number of hydrogen-bond donors (Lipinski definition) is 1. The van der Waals surface area contributed by atoms with Crippen LogP contribution in [-0.4, -0.2) is 19.1 Å². The van der Waals surface area contributed by atoms with Crippen molar-refractivity contribution in [3.63, 3.8) is 0 Å². The van der Waals surface area contributed by atoms with E-state index in [9.17, 15) is 4.79 Å². The Balaban J connectivity index is 2.16. The van der Waals surface area contributed by atoms with Crippen LogP contribution in [0.3, 0.4) is 0 Å². The van der Waals surface area contributed by atoms with Gasteiger partial charge in [0, 0.05) is 6.42 Å². The average molecular weight is 221 g/mol. The summed E-state index contributed by atoms with van der Waals surface area (Å²) in [4.78, 5) is 11.1. The fraction of sp³-hybridized carbons (Fsp3) is 0.462. The molecular weight excluding hydrogens is 202 g/mol. The highest BCUT2D eigenvalue weighted by Crippen LogP contribution is 2.10. The number of aryl methyl sites for hydroxylation is 1. The fourth-order valence-corrected chi connectivity index (χ4v) is 1.31. The van der Waals surface area contributed by atoms with Crippen molar-refractivity contribution in [2.75, 3.05) is 13.2 Å². The second-order valence-electron chi connectivity index (χ2n) is 3.76. The van der Waals surface area contributed by atoms with Gasteiger partial charge in [0.2, 0.25) is 5.91 Å². The summed E-state index contributed by atoms with van der Waals surface area (Å²) in [7, 11) is 0. The lowest BCUT2D eigenvalue weighted by Crippen LogP contribution is -2.27. The van der Waals surface area contributed by atoms with Gasteiger partial charge in [-0.2, -0.15) is 0 Å². The quantitative estimate of drug-likeness (QED) is 0.748. The van der Waals surface area contributed by atoms with Crippen LogP contribution in [0.1, 0.15) is 25.3 Å². The lowest BCUT2D eigenvalue weighted by molar-refractivity contribution is -0.121. The smallest absolute Gasteiger partial charge is 0.220 e. The lowest BCUT2D eigenvalue weighted by Gasteiger charge is -2.07. The molecule has 0 radical (unpaired) electrons. The Morgan fingerprint density at radius 1 is 1.31 bits per heavy atom. The molecule has 88 valence electrons. The monoisotopic (exact) mass is 221 g/mol. The van der Waals surface area contributed by atoms with Crippen molar-refractivity contribution in [3.8, 4) is 5.75 Å². The van der Waals surface area contributed by atoms with Crippen molar-refractivity contribution in [2.45, 2.75) is 26.7 Å². The van der Waals surface area contributed by atoms with Crippen LogP contribution < -0.4 is 10.1 Å². The zero-order chi connectivity index (χ0) is 11.8. The molecule has 0 aliphatic rings. The summed E-state index contributed by atoms with van der Waals surface area (Å²) in [5, 5.41) is 2.80. The third kappa shape index (κ3) is 4.82. The summed E-state index contributed by atoms with van der Waals surface area (Å²) in [6.45, 7) is 5.10. The number of nitrogens with one attached hydrogen (secondary N) is 1. The van der Waals surface area contributed by atoms with E-state index in [0.29, 0.717) is 19.6 Å². The molecule has 0 aromatic heterocycles. The molecule has 0 aliphatic carbocycles. The van der Waals surface area contributed by atoms with E-state index >= 15 is 0 Å². The number of rotatable bonds is 6. The summed E-state index contributed by atoms with van der Waals surface area (Å²) in [5.74, 6) is 0.936. The first-order valence-electron chi connectivity index (χ1n) is 5.68. The molecule has 1 aromatic rings. The van der Waals surface area contributed by atoms with Crippen LogP contribution in [-0.2, 0) is 4.79 Å². The van der Waals surface area contributed by atoms with Crippen molar-refractivity contribution < 1.29 is 9.53 Å². The molecule has 0 bridgehead atoms. The molecule has 0 atom stereocenters. The fourth-order valence-electron chi connectivity index (χ4n) is 1.31. The Labute approximate surface area is 96.8 Å². The molecule has 1 aromatic carbocycles. The van der Waals surface area contributed by atoms with Crippen LogP contribution in [0.25, 0.3) is 0 Å². The summed E-state index contributed by atoms with van der Waals surface area (Å²) in [6, 6.07) is 7.88. The lowest BCUT2D eigenvalue weighted by atomic mass is 10.2. The normalized spacial score (nSPS) is 9.88. The maximum absolute atomic E-state index is 11.1. The second-order valence-corrected chi connectivity index (χ2v) is 3.76. The van der Waals surface area contributed by atoms with E-state index in [1.54, 1.807) is 0 Å².